The molecule has 0 radical (unpaired) electrons. The number of amides is 1. The number of nitro benzene ring substituents is 1. The fraction of sp³-hybridized carbons (Fsp3) is 0.611. The van der Waals surface area contributed by atoms with Gasteiger partial charge in [-0.3, -0.25) is 19.8 Å². The molecule has 3 rings (SSSR count). The van der Waals surface area contributed by atoms with Gasteiger partial charge in [-0.15, -0.1) is 0 Å². The molecule has 0 aliphatic carbocycles. The van der Waals surface area contributed by atoms with Crippen molar-refractivity contribution in [1.82, 2.24) is 9.80 Å². The van der Waals surface area contributed by atoms with E-state index < -0.39 is 10.7 Å². The first-order valence-corrected chi connectivity index (χ1v) is 9.23. The summed E-state index contributed by atoms with van der Waals surface area (Å²) in [6, 6.07) is 3.54. The standard InChI is InChI=1S/C18H25FN4O3/c19-15-5-6-16(23(25)26)17(13-15)21-11-9-20(10-12-21)14-18(24)22-7-3-1-2-4-8-22/h5-6,13H,1-4,7-12,14H2. The second kappa shape index (κ2) is 8.44. The molecular weight excluding hydrogens is 339 g/mol. The third-order valence-corrected chi connectivity index (χ3v) is 5.16. The molecule has 0 spiro atoms. The molecule has 1 amide bonds. The summed E-state index contributed by atoms with van der Waals surface area (Å²) in [5, 5.41) is 11.2. The van der Waals surface area contributed by atoms with E-state index in [0.29, 0.717) is 38.4 Å². The third-order valence-electron chi connectivity index (χ3n) is 5.16. The van der Waals surface area contributed by atoms with Crippen LogP contribution < -0.4 is 4.90 Å². The molecule has 26 heavy (non-hydrogen) atoms. The lowest BCUT2D eigenvalue weighted by Gasteiger charge is -2.36. The Balaban J connectivity index is 1.57. The van der Waals surface area contributed by atoms with Crippen LogP contribution in [0.15, 0.2) is 18.2 Å². The predicted molar refractivity (Wildman–Crippen MR) is 96.8 cm³/mol. The maximum absolute atomic E-state index is 13.5. The van der Waals surface area contributed by atoms with E-state index >= 15 is 0 Å². The molecule has 142 valence electrons. The highest BCUT2D eigenvalue weighted by Crippen LogP contribution is 2.29. The van der Waals surface area contributed by atoms with Gasteiger partial charge in [-0.25, -0.2) is 4.39 Å². The summed E-state index contributed by atoms with van der Waals surface area (Å²) in [6.45, 7) is 4.41. The van der Waals surface area contributed by atoms with Crippen LogP contribution in [-0.2, 0) is 4.79 Å². The SMILES string of the molecule is O=C(CN1CCN(c2cc(F)ccc2[N+](=O)[O-])CC1)N1CCCCCC1. The van der Waals surface area contributed by atoms with Crippen LogP contribution in [0.2, 0.25) is 0 Å². The number of benzene rings is 1. The number of carbonyl (C=O) groups excluding carboxylic acids is 1. The molecule has 0 atom stereocenters. The molecule has 1 aromatic carbocycles. The number of carbonyl (C=O) groups is 1. The Morgan fingerprint density at radius 1 is 1.04 bits per heavy atom. The summed E-state index contributed by atoms with van der Waals surface area (Å²) in [7, 11) is 0. The highest BCUT2D eigenvalue weighted by Gasteiger charge is 2.26. The topological polar surface area (TPSA) is 69.9 Å². The van der Waals surface area contributed by atoms with E-state index in [4.69, 9.17) is 0 Å². The van der Waals surface area contributed by atoms with E-state index in [2.05, 4.69) is 4.90 Å². The van der Waals surface area contributed by atoms with Crippen molar-refractivity contribution >= 4 is 17.3 Å². The van der Waals surface area contributed by atoms with Crippen molar-refractivity contribution in [2.24, 2.45) is 0 Å². The van der Waals surface area contributed by atoms with Gasteiger partial charge in [0.05, 0.1) is 11.5 Å². The Morgan fingerprint density at radius 3 is 2.31 bits per heavy atom. The van der Waals surface area contributed by atoms with Gasteiger partial charge in [-0.1, -0.05) is 12.8 Å². The van der Waals surface area contributed by atoms with Gasteiger partial charge in [0.25, 0.3) is 5.69 Å². The minimum atomic E-state index is -0.482. The van der Waals surface area contributed by atoms with E-state index in [-0.39, 0.29) is 11.6 Å². The lowest BCUT2D eigenvalue weighted by molar-refractivity contribution is -0.384. The van der Waals surface area contributed by atoms with Crippen LogP contribution in [0.4, 0.5) is 15.8 Å². The molecule has 2 aliphatic rings. The molecule has 2 heterocycles. The largest absolute Gasteiger partial charge is 0.363 e. The number of piperazine rings is 1. The summed E-state index contributed by atoms with van der Waals surface area (Å²) in [5.74, 6) is -0.318. The molecular formula is C18H25FN4O3. The van der Waals surface area contributed by atoms with Crippen LogP contribution in [0.3, 0.4) is 0 Å². The molecule has 0 saturated carbocycles. The van der Waals surface area contributed by atoms with Crippen molar-refractivity contribution in [2.75, 3.05) is 50.7 Å². The first-order chi connectivity index (χ1) is 12.5. The fourth-order valence-electron chi connectivity index (χ4n) is 3.66. The normalized spacial score (nSPS) is 19.3. The minimum Gasteiger partial charge on any atom is -0.363 e. The Hall–Kier alpha value is -2.22. The smallest absolute Gasteiger partial charge is 0.292 e. The third kappa shape index (κ3) is 4.49. The van der Waals surface area contributed by atoms with E-state index in [1.54, 1.807) is 0 Å². The van der Waals surface area contributed by atoms with Crippen LogP contribution in [-0.4, -0.2) is 66.4 Å². The molecule has 0 aromatic heterocycles. The summed E-state index contributed by atoms with van der Waals surface area (Å²) >= 11 is 0. The number of nitrogens with zero attached hydrogens (tertiary/aromatic N) is 4. The molecule has 8 heteroatoms. The number of hydrogen-bond acceptors (Lipinski definition) is 5. The zero-order chi connectivity index (χ0) is 18.5. The molecule has 0 unspecified atom stereocenters. The average Bonchev–Trinajstić information content (AvgIpc) is 2.91. The van der Waals surface area contributed by atoms with Crippen LogP contribution in [0.1, 0.15) is 25.7 Å². The molecule has 7 nitrogen and oxygen atoms in total. The summed E-state index contributed by atoms with van der Waals surface area (Å²) in [6.07, 6.45) is 4.52. The lowest BCUT2D eigenvalue weighted by atomic mass is 10.2. The molecule has 0 bridgehead atoms. The Bertz CT molecular complexity index is 654. The number of rotatable bonds is 4. The molecule has 2 fully saturated rings. The van der Waals surface area contributed by atoms with Gasteiger partial charge in [-0.2, -0.15) is 0 Å². The van der Waals surface area contributed by atoms with E-state index in [1.165, 1.54) is 25.0 Å². The Morgan fingerprint density at radius 2 is 1.69 bits per heavy atom. The van der Waals surface area contributed by atoms with Crippen LogP contribution in [0.5, 0.6) is 0 Å². The minimum absolute atomic E-state index is 0.0829. The zero-order valence-electron chi connectivity index (χ0n) is 14.9. The lowest BCUT2D eigenvalue weighted by Crippen LogP contribution is -2.50. The van der Waals surface area contributed by atoms with E-state index in [1.807, 2.05) is 9.80 Å². The first-order valence-electron chi connectivity index (χ1n) is 9.23. The average molecular weight is 364 g/mol. The summed E-state index contributed by atoms with van der Waals surface area (Å²) < 4.78 is 13.5. The zero-order valence-corrected chi connectivity index (χ0v) is 14.9. The first kappa shape index (κ1) is 18.6. The van der Waals surface area contributed by atoms with Crippen molar-refractivity contribution in [3.05, 3.63) is 34.1 Å². The van der Waals surface area contributed by atoms with Gasteiger partial charge >= 0.3 is 0 Å². The number of halogens is 1. The number of nitro groups is 1. The van der Waals surface area contributed by atoms with Gasteiger partial charge in [0.15, 0.2) is 0 Å². The quantitative estimate of drug-likeness (QED) is 0.605. The van der Waals surface area contributed by atoms with Crippen LogP contribution in [0, 0.1) is 15.9 Å². The second-order valence-corrected chi connectivity index (χ2v) is 6.95. The number of likely N-dealkylation sites (tertiary alicyclic amines) is 1. The monoisotopic (exact) mass is 364 g/mol. The van der Waals surface area contributed by atoms with E-state index in [9.17, 15) is 19.3 Å². The summed E-state index contributed by atoms with van der Waals surface area (Å²) in [5.41, 5.74) is 0.231. The predicted octanol–water partition coefficient (Wildman–Crippen LogP) is 2.26. The summed E-state index contributed by atoms with van der Waals surface area (Å²) in [4.78, 5) is 29.1. The van der Waals surface area contributed by atoms with Gasteiger partial charge < -0.3 is 9.80 Å². The van der Waals surface area contributed by atoms with Crippen LogP contribution >= 0.6 is 0 Å². The molecule has 2 aliphatic heterocycles. The molecule has 1 aromatic rings. The van der Waals surface area contributed by atoms with Gasteiger partial charge in [0.2, 0.25) is 5.91 Å². The van der Waals surface area contributed by atoms with Gasteiger partial charge in [-0.05, 0) is 18.9 Å². The fourth-order valence-corrected chi connectivity index (χ4v) is 3.66. The van der Waals surface area contributed by atoms with Crippen molar-refractivity contribution in [3.8, 4) is 0 Å². The Labute approximate surface area is 152 Å². The second-order valence-electron chi connectivity index (χ2n) is 6.95. The number of anilines is 1. The Kier molecular flexibility index (Phi) is 6.03. The van der Waals surface area contributed by atoms with Crippen molar-refractivity contribution in [1.29, 1.82) is 0 Å². The van der Waals surface area contributed by atoms with Crippen LogP contribution in [0.25, 0.3) is 0 Å². The maximum Gasteiger partial charge on any atom is 0.292 e. The number of hydrogen-bond donors (Lipinski definition) is 0. The van der Waals surface area contributed by atoms with Crippen molar-refractivity contribution in [2.45, 2.75) is 25.7 Å². The molecule has 0 N–H and O–H groups in total. The molecule has 2 saturated heterocycles. The van der Waals surface area contributed by atoms with E-state index in [0.717, 1.165) is 32.0 Å². The van der Waals surface area contributed by atoms with Gasteiger partial charge in [0.1, 0.15) is 11.5 Å². The maximum atomic E-state index is 13.5. The highest BCUT2D eigenvalue weighted by atomic mass is 19.1. The van der Waals surface area contributed by atoms with Crippen molar-refractivity contribution < 1.29 is 14.1 Å². The highest BCUT2D eigenvalue weighted by molar-refractivity contribution is 5.78. The van der Waals surface area contributed by atoms with Gasteiger partial charge in [0, 0.05) is 51.4 Å². The van der Waals surface area contributed by atoms with Crippen molar-refractivity contribution in [3.63, 3.8) is 0 Å².